The van der Waals surface area contributed by atoms with Gasteiger partial charge in [0, 0.05) is 28.8 Å². The molecule has 1 aromatic carbocycles. The minimum Gasteiger partial charge on any atom is -0.435 e. The van der Waals surface area contributed by atoms with E-state index in [0.29, 0.717) is 6.54 Å². The average molecular weight is 357 g/mol. The molecule has 0 aliphatic heterocycles. The fourth-order valence-electron chi connectivity index (χ4n) is 1.75. The second kappa shape index (κ2) is 7.47. The number of aromatic nitrogens is 1. The zero-order valence-corrected chi connectivity index (χ0v) is 13.1. The van der Waals surface area contributed by atoms with E-state index in [1.54, 1.807) is 6.20 Å². The van der Waals surface area contributed by atoms with Crippen molar-refractivity contribution in [2.45, 2.75) is 19.9 Å². The molecular weight excluding hydrogens is 342 g/mol. The topological polar surface area (TPSA) is 34.2 Å². The van der Waals surface area contributed by atoms with E-state index in [2.05, 4.69) is 33.2 Å². The van der Waals surface area contributed by atoms with E-state index >= 15 is 0 Å². The second-order valence-corrected chi connectivity index (χ2v) is 5.39. The number of ether oxygens (including phenoxy) is 1. The third kappa shape index (κ3) is 4.47. The SMILES string of the molecule is CCCNCc1cc(Br)cnc1Oc1cc(F)ccc1F. The minimum atomic E-state index is -0.631. The molecule has 0 unspecified atom stereocenters. The Morgan fingerprint density at radius 2 is 2.10 bits per heavy atom. The molecule has 0 fully saturated rings. The summed E-state index contributed by atoms with van der Waals surface area (Å²) in [6.45, 7) is 3.44. The van der Waals surface area contributed by atoms with Gasteiger partial charge in [0.2, 0.25) is 5.88 Å². The van der Waals surface area contributed by atoms with Crippen LogP contribution in [0.1, 0.15) is 18.9 Å². The normalized spacial score (nSPS) is 10.7. The summed E-state index contributed by atoms with van der Waals surface area (Å²) in [6.07, 6.45) is 2.55. The molecule has 0 bridgehead atoms. The molecule has 0 spiro atoms. The zero-order valence-electron chi connectivity index (χ0n) is 11.5. The van der Waals surface area contributed by atoms with Gasteiger partial charge in [0.15, 0.2) is 11.6 Å². The van der Waals surface area contributed by atoms with Crippen molar-refractivity contribution in [3.05, 3.63) is 52.1 Å². The molecule has 0 saturated carbocycles. The van der Waals surface area contributed by atoms with Crippen LogP contribution in [0, 0.1) is 11.6 Å². The highest BCUT2D eigenvalue weighted by Crippen LogP contribution is 2.28. The van der Waals surface area contributed by atoms with Crippen LogP contribution in [-0.4, -0.2) is 11.5 Å². The predicted octanol–water partition coefficient (Wildman–Crippen LogP) is 4.41. The first kappa shape index (κ1) is 15.9. The van der Waals surface area contributed by atoms with Gasteiger partial charge in [-0.1, -0.05) is 6.92 Å². The van der Waals surface area contributed by atoms with Gasteiger partial charge in [-0.15, -0.1) is 0 Å². The smallest absolute Gasteiger partial charge is 0.223 e. The van der Waals surface area contributed by atoms with Crippen molar-refractivity contribution in [2.75, 3.05) is 6.54 Å². The van der Waals surface area contributed by atoms with Crippen molar-refractivity contribution >= 4 is 15.9 Å². The highest BCUT2D eigenvalue weighted by Gasteiger charge is 2.11. The van der Waals surface area contributed by atoms with Crippen LogP contribution in [0.4, 0.5) is 8.78 Å². The van der Waals surface area contributed by atoms with Crippen molar-refractivity contribution in [3.63, 3.8) is 0 Å². The first-order valence-electron chi connectivity index (χ1n) is 6.58. The standard InChI is InChI=1S/C15H15BrF2N2O/c1-2-5-19-8-10-6-11(16)9-20-15(10)21-14-7-12(17)3-4-13(14)18/h3-4,6-7,9,19H,2,5,8H2,1H3. The molecule has 0 aliphatic carbocycles. The number of nitrogens with zero attached hydrogens (tertiary/aromatic N) is 1. The maximum atomic E-state index is 13.6. The Kier molecular flexibility index (Phi) is 5.64. The van der Waals surface area contributed by atoms with Gasteiger partial charge in [0.25, 0.3) is 0 Å². The summed E-state index contributed by atoms with van der Waals surface area (Å²) < 4.78 is 33.0. The van der Waals surface area contributed by atoms with Crippen molar-refractivity contribution in [3.8, 4) is 11.6 Å². The Bertz CT molecular complexity index is 623. The average Bonchev–Trinajstić information content (AvgIpc) is 2.46. The van der Waals surface area contributed by atoms with E-state index in [1.165, 1.54) is 0 Å². The fraction of sp³-hybridized carbons (Fsp3) is 0.267. The lowest BCUT2D eigenvalue weighted by atomic mass is 10.2. The summed E-state index contributed by atoms with van der Waals surface area (Å²) in [5.74, 6) is -1.12. The molecule has 112 valence electrons. The summed E-state index contributed by atoms with van der Waals surface area (Å²) >= 11 is 3.34. The lowest BCUT2D eigenvalue weighted by molar-refractivity contribution is 0.415. The molecule has 2 aromatic rings. The van der Waals surface area contributed by atoms with E-state index in [9.17, 15) is 8.78 Å². The van der Waals surface area contributed by atoms with E-state index in [4.69, 9.17) is 4.74 Å². The van der Waals surface area contributed by atoms with Gasteiger partial charge in [-0.05, 0) is 47.1 Å². The number of pyridine rings is 1. The monoisotopic (exact) mass is 356 g/mol. The molecule has 1 aromatic heterocycles. The summed E-state index contributed by atoms with van der Waals surface area (Å²) in [4.78, 5) is 4.12. The quantitative estimate of drug-likeness (QED) is 0.778. The van der Waals surface area contributed by atoms with E-state index in [0.717, 1.165) is 41.2 Å². The van der Waals surface area contributed by atoms with E-state index < -0.39 is 11.6 Å². The molecule has 0 amide bonds. The van der Waals surface area contributed by atoms with Crippen LogP contribution in [0.15, 0.2) is 34.9 Å². The largest absolute Gasteiger partial charge is 0.435 e. The van der Waals surface area contributed by atoms with Gasteiger partial charge in [0.05, 0.1) is 0 Å². The summed E-state index contributed by atoms with van der Waals surface area (Å²) in [6, 6.07) is 4.91. The Labute approximate surface area is 130 Å². The summed E-state index contributed by atoms with van der Waals surface area (Å²) in [5.41, 5.74) is 0.765. The predicted molar refractivity (Wildman–Crippen MR) is 80.4 cm³/mol. The Hall–Kier alpha value is -1.53. The van der Waals surface area contributed by atoms with Crippen LogP contribution < -0.4 is 10.1 Å². The minimum absolute atomic E-state index is 0.179. The number of hydrogen-bond donors (Lipinski definition) is 1. The highest BCUT2D eigenvalue weighted by atomic mass is 79.9. The molecule has 0 aliphatic rings. The molecular formula is C15H15BrF2N2O. The third-order valence-corrected chi connectivity index (χ3v) is 3.17. The first-order valence-corrected chi connectivity index (χ1v) is 7.37. The van der Waals surface area contributed by atoms with Crippen LogP contribution in [-0.2, 0) is 6.54 Å². The number of rotatable bonds is 6. The van der Waals surface area contributed by atoms with Gasteiger partial charge in [-0.3, -0.25) is 0 Å². The lowest BCUT2D eigenvalue weighted by Gasteiger charge is -2.11. The Morgan fingerprint density at radius 1 is 1.29 bits per heavy atom. The molecule has 1 N–H and O–H groups in total. The van der Waals surface area contributed by atoms with Crippen molar-refractivity contribution in [1.82, 2.24) is 10.3 Å². The third-order valence-electron chi connectivity index (χ3n) is 2.73. The summed E-state index contributed by atoms with van der Waals surface area (Å²) in [7, 11) is 0. The zero-order chi connectivity index (χ0) is 15.2. The van der Waals surface area contributed by atoms with Gasteiger partial charge >= 0.3 is 0 Å². The van der Waals surface area contributed by atoms with Gasteiger partial charge < -0.3 is 10.1 Å². The van der Waals surface area contributed by atoms with E-state index in [-0.39, 0.29) is 11.6 Å². The highest BCUT2D eigenvalue weighted by molar-refractivity contribution is 9.10. The molecule has 2 rings (SSSR count). The first-order chi connectivity index (χ1) is 10.1. The number of hydrogen-bond acceptors (Lipinski definition) is 3. The van der Waals surface area contributed by atoms with Crippen molar-refractivity contribution < 1.29 is 13.5 Å². The maximum Gasteiger partial charge on any atom is 0.223 e. The summed E-state index contributed by atoms with van der Waals surface area (Å²) in [5, 5.41) is 3.22. The number of halogens is 3. The molecule has 1 heterocycles. The second-order valence-electron chi connectivity index (χ2n) is 4.47. The number of benzene rings is 1. The van der Waals surface area contributed by atoms with Crippen molar-refractivity contribution in [2.24, 2.45) is 0 Å². The lowest BCUT2D eigenvalue weighted by Crippen LogP contribution is -2.14. The van der Waals surface area contributed by atoms with Gasteiger partial charge in [0.1, 0.15) is 5.82 Å². The van der Waals surface area contributed by atoms with Gasteiger partial charge in [-0.2, -0.15) is 0 Å². The van der Waals surface area contributed by atoms with Crippen LogP contribution >= 0.6 is 15.9 Å². The molecule has 0 atom stereocenters. The van der Waals surface area contributed by atoms with E-state index in [1.807, 2.05) is 6.07 Å². The fourth-order valence-corrected chi connectivity index (χ4v) is 2.13. The molecule has 6 heteroatoms. The molecule has 0 saturated heterocycles. The number of nitrogens with one attached hydrogen (secondary N) is 1. The van der Waals surface area contributed by atoms with Crippen molar-refractivity contribution in [1.29, 1.82) is 0 Å². The Balaban J connectivity index is 2.24. The van der Waals surface area contributed by atoms with Crippen LogP contribution in [0.5, 0.6) is 11.6 Å². The van der Waals surface area contributed by atoms with Gasteiger partial charge in [-0.25, -0.2) is 13.8 Å². The molecule has 21 heavy (non-hydrogen) atoms. The van der Waals surface area contributed by atoms with Crippen LogP contribution in [0.25, 0.3) is 0 Å². The molecule has 0 radical (unpaired) electrons. The molecule has 3 nitrogen and oxygen atoms in total. The Morgan fingerprint density at radius 3 is 2.86 bits per heavy atom. The van der Waals surface area contributed by atoms with Crippen LogP contribution in [0.3, 0.4) is 0 Å². The maximum absolute atomic E-state index is 13.6. The van der Waals surface area contributed by atoms with Crippen LogP contribution in [0.2, 0.25) is 0 Å².